The van der Waals surface area contributed by atoms with Crippen molar-refractivity contribution in [2.24, 2.45) is 0 Å². The number of hydrogen-bond donors (Lipinski definition) is 0. The van der Waals surface area contributed by atoms with Gasteiger partial charge >= 0.3 is 0 Å². The first-order valence-corrected chi connectivity index (χ1v) is 10.7. The lowest BCUT2D eigenvalue weighted by molar-refractivity contribution is 0.181. The molecule has 1 aliphatic heterocycles. The van der Waals surface area contributed by atoms with Gasteiger partial charge in [0.15, 0.2) is 0 Å². The van der Waals surface area contributed by atoms with Crippen molar-refractivity contribution in [3.05, 3.63) is 45.7 Å². The van der Waals surface area contributed by atoms with Gasteiger partial charge in [-0.3, -0.25) is 9.58 Å². The minimum atomic E-state index is -3.52. The van der Waals surface area contributed by atoms with Crippen LogP contribution in [0.5, 0.6) is 0 Å². The van der Waals surface area contributed by atoms with Gasteiger partial charge in [0.05, 0.1) is 5.69 Å². The lowest BCUT2D eigenvalue weighted by atomic mass is 10.2. The van der Waals surface area contributed by atoms with Gasteiger partial charge in [0.2, 0.25) is 10.0 Å². The topological polar surface area (TPSA) is 58.4 Å². The molecule has 1 saturated heterocycles. The van der Waals surface area contributed by atoms with E-state index in [1.807, 2.05) is 25.1 Å². The molecule has 3 rings (SSSR count). The first-order chi connectivity index (χ1) is 12.3. The molecule has 9 heteroatoms. The van der Waals surface area contributed by atoms with Crippen LogP contribution in [0.3, 0.4) is 0 Å². The second-order valence-electron chi connectivity index (χ2n) is 6.31. The monoisotopic (exact) mass is 416 g/mol. The third-order valence-corrected chi connectivity index (χ3v) is 7.33. The quantitative estimate of drug-likeness (QED) is 0.751. The zero-order valence-electron chi connectivity index (χ0n) is 14.8. The molecule has 26 heavy (non-hydrogen) atoms. The first kappa shape index (κ1) is 19.6. The molecule has 0 saturated carbocycles. The van der Waals surface area contributed by atoms with Gasteiger partial charge in [0.1, 0.15) is 4.90 Å². The Balaban J connectivity index is 1.69. The molecule has 6 nitrogen and oxygen atoms in total. The molecule has 0 unspecified atom stereocenters. The molecule has 0 radical (unpaired) electrons. The van der Waals surface area contributed by atoms with Gasteiger partial charge in [-0.1, -0.05) is 29.3 Å². The fourth-order valence-electron chi connectivity index (χ4n) is 3.09. The standard InChI is InChI=1S/C17H22Cl2N4O2S/c1-3-22-12-17(13(2)20-22)26(24,25)23-9-7-21(8-10-23)11-14-15(18)5-4-6-16(14)19/h4-6,12H,3,7-11H2,1-2H3. The van der Waals surface area contributed by atoms with Crippen LogP contribution in [0.4, 0.5) is 0 Å². The van der Waals surface area contributed by atoms with Crippen molar-refractivity contribution in [2.75, 3.05) is 26.2 Å². The Morgan fingerprint density at radius 1 is 1.12 bits per heavy atom. The highest BCUT2D eigenvalue weighted by molar-refractivity contribution is 7.89. The van der Waals surface area contributed by atoms with E-state index in [4.69, 9.17) is 23.2 Å². The maximum absolute atomic E-state index is 12.9. The normalized spacial score (nSPS) is 16.9. The Kier molecular flexibility index (Phi) is 5.94. The number of sulfonamides is 1. The zero-order chi connectivity index (χ0) is 18.9. The molecule has 0 atom stereocenters. The van der Waals surface area contributed by atoms with Crippen molar-refractivity contribution >= 4 is 33.2 Å². The maximum Gasteiger partial charge on any atom is 0.246 e. The minimum absolute atomic E-state index is 0.293. The molecule has 2 heterocycles. The third kappa shape index (κ3) is 3.92. The number of benzene rings is 1. The van der Waals surface area contributed by atoms with Crippen LogP contribution in [0.15, 0.2) is 29.3 Å². The summed E-state index contributed by atoms with van der Waals surface area (Å²) >= 11 is 12.5. The summed E-state index contributed by atoms with van der Waals surface area (Å²) in [6.07, 6.45) is 1.61. The Morgan fingerprint density at radius 3 is 2.27 bits per heavy atom. The number of hydrogen-bond acceptors (Lipinski definition) is 4. The molecule has 0 amide bonds. The SMILES string of the molecule is CCn1cc(S(=O)(=O)N2CCN(Cc3c(Cl)cccc3Cl)CC2)c(C)n1. The molecule has 1 aliphatic rings. The molecule has 1 aromatic carbocycles. The lowest BCUT2D eigenvalue weighted by Gasteiger charge is -2.34. The van der Waals surface area contributed by atoms with E-state index in [-0.39, 0.29) is 0 Å². The van der Waals surface area contributed by atoms with Crippen molar-refractivity contribution in [2.45, 2.75) is 31.8 Å². The van der Waals surface area contributed by atoms with Crippen LogP contribution in [0.25, 0.3) is 0 Å². The second kappa shape index (κ2) is 7.86. The number of nitrogens with zero attached hydrogens (tertiary/aromatic N) is 4. The average molecular weight is 417 g/mol. The van der Waals surface area contributed by atoms with Crippen molar-refractivity contribution in [3.8, 4) is 0 Å². The molecular weight excluding hydrogens is 395 g/mol. The Hall–Kier alpha value is -1.12. The van der Waals surface area contributed by atoms with E-state index in [1.54, 1.807) is 17.8 Å². The molecule has 0 spiro atoms. The van der Waals surface area contributed by atoms with Crippen LogP contribution in [0.1, 0.15) is 18.2 Å². The summed E-state index contributed by atoms with van der Waals surface area (Å²) in [5.74, 6) is 0. The molecular formula is C17H22Cl2N4O2S. The number of piperazine rings is 1. The summed E-state index contributed by atoms with van der Waals surface area (Å²) in [6, 6.07) is 5.45. The Morgan fingerprint density at radius 2 is 1.73 bits per heavy atom. The van der Waals surface area contributed by atoms with Crippen LogP contribution < -0.4 is 0 Å². The molecule has 0 N–H and O–H groups in total. The Labute approximate surface area is 164 Å². The van der Waals surface area contributed by atoms with Crippen LogP contribution >= 0.6 is 23.2 Å². The number of aromatic nitrogens is 2. The summed E-state index contributed by atoms with van der Waals surface area (Å²) in [7, 11) is -3.52. The number of aryl methyl sites for hydroxylation is 2. The number of halogens is 2. The van der Waals surface area contributed by atoms with E-state index >= 15 is 0 Å². The van der Waals surface area contributed by atoms with Gasteiger partial charge in [-0.2, -0.15) is 9.40 Å². The van der Waals surface area contributed by atoms with Crippen LogP contribution in [0, 0.1) is 6.92 Å². The highest BCUT2D eigenvalue weighted by Gasteiger charge is 2.31. The highest BCUT2D eigenvalue weighted by atomic mass is 35.5. The van der Waals surface area contributed by atoms with Crippen molar-refractivity contribution in [1.29, 1.82) is 0 Å². The molecule has 1 fully saturated rings. The molecule has 0 bridgehead atoms. The minimum Gasteiger partial charge on any atom is -0.296 e. The summed E-state index contributed by atoms with van der Waals surface area (Å²) in [4.78, 5) is 2.46. The Bertz CT molecular complexity index is 870. The van der Waals surface area contributed by atoms with Crippen molar-refractivity contribution in [1.82, 2.24) is 19.0 Å². The smallest absolute Gasteiger partial charge is 0.246 e. The van der Waals surface area contributed by atoms with Gasteiger partial charge in [-0.15, -0.1) is 0 Å². The van der Waals surface area contributed by atoms with E-state index in [2.05, 4.69) is 10.00 Å². The summed E-state index contributed by atoms with van der Waals surface area (Å²) in [6.45, 7) is 7.03. The van der Waals surface area contributed by atoms with Gasteiger partial charge in [-0.05, 0) is 26.0 Å². The molecule has 0 aliphatic carbocycles. The van der Waals surface area contributed by atoms with Crippen molar-refractivity contribution < 1.29 is 8.42 Å². The second-order valence-corrected chi connectivity index (χ2v) is 9.04. The largest absolute Gasteiger partial charge is 0.296 e. The van der Waals surface area contributed by atoms with Crippen LogP contribution in [0.2, 0.25) is 10.0 Å². The van der Waals surface area contributed by atoms with E-state index in [9.17, 15) is 8.42 Å². The zero-order valence-corrected chi connectivity index (χ0v) is 17.1. The highest BCUT2D eigenvalue weighted by Crippen LogP contribution is 2.27. The van der Waals surface area contributed by atoms with Crippen LogP contribution in [-0.4, -0.2) is 53.6 Å². The van der Waals surface area contributed by atoms with E-state index in [0.717, 1.165) is 5.56 Å². The molecule has 1 aromatic heterocycles. The fraction of sp³-hybridized carbons (Fsp3) is 0.471. The van der Waals surface area contributed by atoms with Gasteiger partial charge in [0, 0.05) is 61.1 Å². The molecule has 142 valence electrons. The lowest BCUT2D eigenvalue weighted by Crippen LogP contribution is -2.48. The van der Waals surface area contributed by atoms with Crippen molar-refractivity contribution in [3.63, 3.8) is 0 Å². The summed E-state index contributed by atoms with van der Waals surface area (Å²) in [5.41, 5.74) is 1.42. The summed E-state index contributed by atoms with van der Waals surface area (Å²) < 4.78 is 29.0. The summed E-state index contributed by atoms with van der Waals surface area (Å²) in [5, 5.41) is 5.52. The van der Waals surface area contributed by atoms with E-state index in [0.29, 0.717) is 59.9 Å². The maximum atomic E-state index is 12.9. The van der Waals surface area contributed by atoms with Crippen LogP contribution in [-0.2, 0) is 23.1 Å². The van der Waals surface area contributed by atoms with E-state index in [1.165, 1.54) is 4.31 Å². The fourth-order valence-corrected chi connectivity index (χ4v) is 5.20. The van der Waals surface area contributed by atoms with Gasteiger partial charge in [-0.25, -0.2) is 8.42 Å². The number of rotatable bonds is 5. The average Bonchev–Trinajstić information content (AvgIpc) is 3.00. The van der Waals surface area contributed by atoms with Gasteiger partial charge < -0.3 is 0 Å². The third-order valence-electron chi connectivity index (χ3n) is 4.62. The predicted molar refractivity (Wildman–Crippen MR) is 103 cm³/mol. The van der Waals surface area contributed by atoms with E-state index < -0.39 is 10.0 Å². The predicted octanol–water partition coefficient (Wildman–Crippen LogP) is 3.02. The first-order valence-electron chi connectivity index (χ1n) is 8.52. The molecule has 2 aromatic rings. The van der Waals surface area contributed by atoms with Gasteiger partial charge in [0.25, 0.3) is 0 Å².